The molecular formula is C17H17F3N4. The van der Waals surface area contributed by atoms with E-state index in [1.54, 1.807) is 55.7 Å². The Kier molecular flexibility index (Phi) is 5.23. The van der Waals surface area contributed by atoms with Crippen LogP contribution in [0.2, 0.25) is 0 Å². The lowest BCUT2D eigenvalue weighted by Gasteiger charge is -2.08. The van der Waals surface area contributed by atoms with Gasteiger partial charge < -0.3 is 10.7 Å². The number of aliphatic imine (C=N–C) groups is 1. The summed E-state index contributed by atoms with van der Waals surface area (Å²) in [5.41, 5.74) is 6.14. The average Bonchev–Trinajstić information content (AvgIpc) is 2.79. The van der Waals surface area contributed by atoms with Gasteiger partial charge in [-0.15, -0.1) is 0 Å². The van der Waals surface area contributed by atoms with Gasteiger partial charge in [-0.1, -0.05) is 24.3 Å². The average molecular weight is 334 g/mol. The van der Waals surface area contributed by atoms with Gasteiger partial charge in [-0.2, -0.15) is 13.2 Å². The molecule has 0 fully saturated rings. The zero-order valence-electron chi connectivity index (χ0n) is 13.1. The summed E-state index contributed by atoms with van der Waals surface area (Å²) in [6, 6.07) is 4.87. The minimum atomic E-state index is -4.52. The van der Waals surface area contributed by atoms with E-state index in [2.05, 4.69) is 16.7 Å². The molecule has 7 heteroatoms. The van der Waals surface area contributed by atoms with Crippen molar-refractivity contribution in [2.45, 2.75) is 12.6 Å². The van der Waals surface area contributed by atoms with Crippen molar-refractivity contribution >= 4 is 17.9 Å². The topological polar surface area (TPSA) is 55.7 Å². The number of nitrogens with zero attached hydrogens (tertiary/aromatic N) is 3. The fourth-order valence-electron chi connectivity index (χ4n) is 2.27. The van der Waals surface area contributed by atoms with E-state index in [4.69, 9.17) is 5.73 Å². The Morgan fingerprint density at radius 3 is 2.67 bits per heavy atom. The van der Waals surface area contributed by atoms with Crippen molar-refractivity contribution in [3.63, 3.8) is 0 Å². The van der Waals surface area contributed by atoms with E-state index >= 15 is 0 Å². The molecule has 24 heavy (non-hydrogen) atoms. The van der Waals surface area contributed by atoms with Gasteiger partial charge >= 0.3 is 6.18 Å². The number of fused-ring (bicyclic) bond motifs is 1. The summed E-state index contributed by atoms with van der Waals surface area (Å²) in [6.45, 7) is 3.11. The standard InChI is InChI=1S/C15H12F3N3.C2H5N/c16-15(17,18)14-13(10-4-3-5-11(19)8-7-10)21-9-2-1-6-12(21)20-14;1-3-2/h1-4,6-9H,5,19H2;1H2,2H3. The Balaban J connectivity index is 0.000000647. The third kappa shape index (κ3) is 3.73. The Hall–Kier alpha value is -2.83. The molecule has 2 heterocycles. The summed E-state index contributed by atoms with van der Waals surface area (Å²) in [5.74, 6) is 0. The SMILES string of the molecule is C=NC.NC1=CC=C(c2c(C(F)(F)F)nc3ccccn23)C=CC1. The van der Waals surface area contributed by atoms with Crippen LogP contribution in [-0.4, -0.2) is 23.1 Å². The molecule has 0 aromatic carbocycles. The van der Waals surface area contributed by atoms with E-state index < -0.39 is 11.9 Å². The first-order valence-electron chi connectivity index (χ1n) is 7.10. The molecule has 2 N–H and O–H groups in total. The number of nitrogens with two attached hydrogens (primary N) is 1. The summed E-state index contributed by atoms with van der Waals surface area (Å²) in [5, 5.41) is 0. The molecule has 1 aliphatic rings. The van der Waals surface area contributed by atoms with E-state index in [9.17, 15) is 13.2 Å². The highest BCUT2D eigenvalue weighted by atomic mass is 19.4. The molecule has 126 valence electrons. The summed E-state index contributed by atoms with van der Waals surface area (Å²) in [6.07, 6.45) is 4.16. The van der Waals surface area contributed by atoms with Gasteiger partial charge in [-0.25, -0.2) is 4.98 Å². The van der Waals surface area contributed by atoms with Crippen LogP contribution in [0.4, 0.5) is 13.2 Å². The Morgan fingerprint density at radius 2 is 2.00 bits per heavy atom. The third-order valence-corrected chi connectivity index (χ3v) is 3.20. The zero-order valence-corrected chi connectivity index (χ0v) is 13.1. The largest absolute Gasteiger partial charge is 0.435 e. The van der Waals surface area contributed by atoms with Crippen LogP contribution in [0.5, 0.6) is 0 Å². The highest BCUT2D eigenvalue weighted by molar-refractivity contribution is 5.77. The van der Waals surface area contributed by atoms with Crippen molar-refractivity contribution in [2.75, 3.05) is 7.05 Å². The maximum Gasteiger partial charge on any atom is 0.435 e. The molecule has 2 aromatic rings. The van der Waals surface area contributed by atoms with Gasteiger partial charge in [0.2, 0.25) is 0 Å². The Bertz CT molecular complexity index is 826. The van der Waals surface area contributed by atoms with Crippen molar-refractivity contribution in [2.24, 2.45) is 10.7 Å². The predicted molar refractivity (Wildman–Crippen MR) is 89.7 cm³/mol. The normalized spacial score (nSPS) is 14.3. The van der Waals surface area contributed by atoms with Crippen molar-refractivity contribution in [3.8, 4) is 0 Å². The second-order valence-electron chi connectivity index (χ2n) is 5.02. The fourth-order valence-corrected chi connectivity index (χ4v) is 2.27. The molecule has 0 radical (unpaired) electrons. The number of imidazole rings is 1. The Morgan fingerprint density at radius 1 is 1.29 bits per heavy atom. The van der Waals surface area contributed by atoms with Crippen LogP contribution in [-0.2, 0) is 6.18 Å². The summed E-state index contributed by atoms with van der Waals surface area (Å²) >= 11 is 0. The second-order valence-corrected chi connectivity index (χ2v) is 5.02. The van der Waals surface area contributed by atoms with E-state index in [1.165, 1.54) is 4.40 Å². The van der Waals surface area contributed by atoms with Crippen molar-refractivity contribution < 1.29 is 13.2 Å². The molecule has 1 aliphatic carbocycles. The molecule has 0 amide bonds. The number of rotatable bonds is 1. The molecule has 0 atom stereocenters. The van der Waals surface area contributed by atoms with Crippen molar-refractivity contribution in [1.82, 2.24) is 9.38 Å². The maximum atomic E-state index is 13.3. The minimum Gasteiger partial charge on any atom is -0.402 e. The van der Waals surface area contributed by atoms with Crippen LogP contribution < -0.4 is 5.73 Å². The molecule has 0 unspecified atom stereocenters. The van der Waals surface area contributed by atoms with Gasteiger partial charge in [0.25, 0.3) is 0 Å². The molecule has 0 saturated carbocycles. The first-order chi connectivity index (χ1) is 11.4. The first-order valence-corrected chi connectivity index (χ1v) is 7.10. The maximum absolute atomic E-state index is 13.3. The van der Waals surface area contributed by atoms with Crippen molar-refractivity contribution in [3.05, 3.63) is 65.8 Å². The molecule has 0 spiro atoms. The molecular weight excluding hydrogens is 317 g/mol. The summed E-state index contributed by atoms with van der Waals surface area (Å²) < 4.78 is 41.2. The van der Waals surface area contributed by atoms with Gasteiger partial charge in [-0.05, 0) is 24.9 Å². The second kappa shape index (κ2) is 7.16. The minimum absolute atomic E-state index is 0.0281. The number of alkyl halides is 3. The van der Waals surface area contributed by atoms with E-state index in [-0.39, 0.29) is 11.3 Å². The van der Waals surface area contributed by atoms with E-state index in [0.717, 1.165) is 0 Å². The first kappa shape index (κ1) is 17.5. The predicted octanol–water partition coefficient (Wildman–Crippen LogP) is 3.86. The number of halogens is 3. The molecule has 0 aliphatic heterocycles. The van der Waals surface area contributed by atoms with E-state index in [0.29, 0.717) is 17.7 Å². The molecule has 3 rings (SSSR count). The lowest BCUT2D eigenvalue weighted by Crippen LogP contribution is -2.09. The smallest absolute Gasteiger partial charge is 0.402 e. The number of aromatic nitrogens is 2. The Labute approximate surface area is 137 Å². The van der Waals surface area contributed by atoms with Crippen LogP contribution in [0.15, 0.2) is 59.4 Å². The van der Waals surface area contributed by atoms with Gasteiger partial charge in [0.15, 0.2) is 5.69 Å². The fraction of sp³-hybridized carbons (Fsp3) is 0.176. The van der Waals surface area contributed by atoms with Gasteiger partial charge in [0.1, 0.15) is 5.65 Å². The number of hydrogen-bond donors (Lipinski definition) is 1. The summed E-state index contributed by atoms with van der Waals surface area (Å²) in [4.78, 5) is 6.97. The van der Waals surface area contributed by atoms with Crippen LogP contribution in [0.1, 0.15) is 17.8 Å². The lowest BCUT2D eigenvalue weighted by atomic mass is 10.1. The van der Waals surface area contributed by atoms with Gasteiger partial charge in [0, 0.05) is 30.9 Å². The van der Waals surface area contributed by atoms with Crippen LogP contribution in [0, 0.1) is 0 Å². The van der Waals surface area contributed by atoms with Crippen LogP contribution in [0.3, 0.4) is 0 Å². The third-order valence-electron chi connectivity index (χ3n) is 3.20. The molecule has 0 saturated heterocycles. The number of hydrogen-bond acceptors (Lipinski definition) is 3. The molecule has 4 nitrogen and oxygen atoms in total. The lowest BCUT2D eigenvalue weighted by molar-refractivity contribution is -0.141. The highest BCUT2D eigenvalue weighted by Gasteiger charge is 2.38. The summed E-state index contributed by atoms with van der Waals surface area (Å²) in [7, 11) is 1.64. The molecule has 0 bridgehead atoms. The molecule has 2 aromatic heterocycles. The zero-order chi connectivity index (χ0) is 17.7. The van der Waals surface area contributed by atoms with Crippen LogP contribution >= 0.6 is 0 Å². The highest BCUT2D eigenvalue weighted by Crippen LogP contribution is 2.36. The van der Waals surface area contributed by atoms with E-state index in [1.807, 2.05) is 0 Å². The number of allylic oxidation sites excluding steroid dienone is 5. The van der Waals surface area contributed by atoms with Gasteiger partial charge in [0.05, 0.1) is 5.69 Å². The van der Waals surface area contributed by atoms with Crippen LogP contribution in [0.25, 0.3) is 11.2 Å². The van der Waals surface area contributed by atoms with Crippen molar-refractivity contribution in [1.29, 1.82) is 0 Å². The number of pyridine rings is 1. The monoisotopic (exact) mass is 334 g/mol. The quantitative estimate of drug-likeness (QED) is 0.805. The van der Waals surface area contributed by atoms with Gasteiger partial charge in [-0.3, -0.25) is 4.40 Å².